The van der Waals surface area contributed by atoms with Crippen molar-refractivity contribution in [2.45, 2.75) is 39.5 Å². The molecule has 106 valence electrons. The number of hydrogen-bond donors (Lipinski definition) is 2. The number of amides is 1. The molecule has 0 aliphatic carbocycles. The van der Waals surface area contributed by atoms with Gasteiger partial charge in [-0.1, -0.05) is 13.8 Å². The molecule has 18 heavy (non-hydrogen) atoms. The first-order valence-corrected chi connectivity index (χ1v) is 7.24. The smallest absolute Gasteiger partial charge is 0.222 e. The molecule has 1 saturated heterocycles. The number of aliphatic hydroxyl groups is 1. The van der Waals surface area contributed by atoms with Crippen molar-refractivity contribution >= 4 is 5.91 Å². The highest BCUT2D eigenvalue weighted by Crippen LogP contribution is 2.16. The maximum Gasteiger partial charge on any atom is 0.222 e. The molecule has 1 aliphatic rings. The first kappa shape index (κ1) is 15.4. The lowest BCUT2D eigenvalue weighted by Crippen LogP contribution is -2.42. The molecule has 0 saturated carbocycles. The fraction of sp³-hybridized carbons (Fsp3) is 0.929. The number of piperidine rings is 1. The van der Waals surface area contributed by atoms with Gasteiger partial charge in [-0.25, -0.2) is 0 Å². The van der Waals surface area contributed by atoms with Crippen molar-refractivity contribution in [3.63, 3.8) is 0 Å². The molecule has 0 radical (unpaired) electrons. The van der Waals surface area contributed by atoms with Gasteiger partial charge < -0.3 is 15.3 Å². The fourth-order valence-electron chi connectivity index (χ4n) is 2.42. The Labute approximate surface area is 111 Å². The molecule has 1 aliphatic heterocycles. The predicted octanol–water partition coefficient (Wildman–Crippen LogP) is 1.24. The Bertz CT molecular complexity index is 244. The number of nitrogens with zero attached hydrogens (tertiary/aromatic N) is 1. The molecule has 0 spiro atoms. The predicted molar refractivity (Wildman–Crippen MR) is 73.3 cm³/mol. The Kier molecular flexibility index (Phi) is 7.28. The maximum absolute atomic E-state index is 11.5. The van der Waals surface area contributed by atoms with Crippen LogP contribution < -0.4 is 5.32 Å². The van der Waals surface area contributed by atoms with Crippen molar-refractivity contribution in [1.82, 2.24) is 10.2 Å². The molecule has 4 heteroatoms. The van der Waals surface area contributed by atoms with E-state index in [0.717, 1.165) is 32.5 Å². The lowest BCUT2D eigenvalue weighted by Gasteiger charge is -2.32. The van der Waals surface area contributed by atoms with Crippen LogP contribution in [0.5, 0.6) is 0 Å². The van der Waals surface area contributed by atoms with Crippen LogP contribution >= 0.6 is 0 Å². The highest BCUT2D eigenvalue weighted by Gasteiger charge is 2.20. The summed E-state index contributed by atoms with van der Waals surface area (Å²) in [7, 11) is 0. The highest BCUT2D eigenvalue weighted by molar-refractivity contribution is 5.77. The average Bonchev–Trinajstić information content (AvgIpc) is 2.36. The number of nitrogens with one attached hydrogen (secondary N) is 1. The molecule has 1 fully saturated rings. The van der Waals surface area contributed by atoms with Gasteiger partial charge in [0.15, 0.2) is 0 Å². The molecule has 0 aromatic rings. The van der Waals surface area contributed by atoms with E-state index in [1.54, 1.807) is 0 Å². The second-order valence-electron chi connectivity index (χ2n) is 5.64. The van der Waals surface area contributed by atoms with E-state index >= 15 is 0 Å². The Morgan fingerprint density at radius 3 is 2.89 bits per heavy atom. The third-order valence-corrected chi connectivity index (χ3v) is 3.57. The molecule has 1 atom stereocenters. The van der Waals surface area contributed by atoms with Gasteiger partial charge >= 0.3 is 0 Å². The topological polar surface area (TPSA) is 52.6 Å². The van der Waals surface area contributed by atoms with E-state index < -0.39 is 0 Å². The second-order valence-corrected chi connectivity index (χ2v) is 5.64. The molecule has 2 N–H and O–H groups in total. The van der Waals surface area contributed by atoms with Crippen LogP contribution in [-0.2, 0) is 4.79 Å². The van der Waals surface area contributed by atoms with Gasteiger partial charge in [0.05, 0.1) is 0 Å². The van der Waals surface area contributed by atoms with Crippen LogP contribution in [0.4, 0.5) is 0 Å². The fourth-order valence-corrected chi connectivity index (χ4v) is 2.42. The number of hydrogen-bond acceptors (Lipinski definition) is 3. The van der Waals surface area contributed by atoms with E-state index in [1.807, 2.05) is 13.8 Å². The molecule has 0 aromatic heterocycles. The highest BCUT2D eigenvalue weighted by atomic mass is 16.2. The summed E-state index contributed by atoms with van der Waals surface area (Å²) >= 11 is 0. The monoisotopic (exact) mass is 256 g/mol. The van der Waals surface area contributed by atoms with Gasteiger partial charge in [-0.3, -0.25) is 4.79 Å². The number of aliphatic hydroxyl groups excluding tert-OH is 1. The van der Waals surface area contributed by atoms with Gasteiger partial charge in [-0.05, 0) is 44.7 Å². The van der Waals surface area contributed by atoms with Crippen molar-refractivity contribution in [3.05, 3.63) is 0 Å². The van der Waals surface area contributed by atoms with Crippen LogP contribution in [0, 0.1) is 11.8 Å². The normalized spacial score (nSPS) is 21.2. The number of rotatable bonds is 7. The number of likely N-dealkylation sites (tertiary alicyclic amines) is 1. The van der Waals surface area contributed by atoms with Gasteiger partial charge in [0.2, 0.25) is 5.91 Å². The summed E-state index contributed by atoms with van der Waals surface area (Å²) in [6, 6.07) is 0. The molecule has 4 nitrogen and oxygen atoms in total. The molecule has 0 bridgehead atoms. The van der Waals surface area contributed by atoms with Gasteiger partial charge in [0.25, 0.3) is 0 Å². The molecule has 0 aromatic carbocycles. The zero-order valence-electron chi connectivity index (χ0n) is 11.8. The third kappa shape index (κ3) is 5.83. The van der Waals surface area contributed by atoms with E-state index in [-0.39, 0.29) is 11.8 Å². The number of carbonyl (C=O) groups is 1. The van der Waals surface area contributed by atoms with E-state index in [4.69, 9.17) is 5.11 Å². The van der Waals surface area contributed by atoms with Crippen LogP contribution in [0.25, 0.3) is 0 Å². The van der Waals surface area contributed by atoms with Gasteiger partial charge in [-0.15, -0.1) is 0 Å². The Balaban J connectivity index is 2.20. The lowest BCUT2D eigenvalue weighted by atomic mass is 9.97. The number of unbranched alkanes of at least 4 members (excludes halogenated alkanes) is 1. The summed E-state index contributed by atoms with van der Waals surface area (Å²) in [5.41, 5.74) is 0. The summed E-state index contributed by atoms with van der Waals surface area (Å²) in [6.07, 6.45) is 4.41. The summed E-state index contributed by atoms with van der Waals surface area (Å²) < 4.78 is 0. The first-order valence-electron chi connectivity index (χ1n) is 7.24. The Morgan fingerprint density at radius 1 is 1.44 bits per heavy atom. The third-order valence-electron chi connectivity index (χ3n) is 3.57. The van der Waals surface area contributed by atoms with Crippen molar-refractivity contribution in [3.8, 4) is 0 Å². The van der Waals surface area contributed by atoms with Crippen molar-refractivity contribution in [1.29, 1.82) is 0 Å². The van der Waals surface area contributed by atoms with Crippen molar-refractivity contribution < 1.29 is 9.90 Å². The standard InChI is InChI=1S/C14H28N2O2/c1-12(2)14(18)15-10-13-6-5-8-16(11-13)7-3-4-9-17/h12-13,17H,3-11H2,1-2H3,(H,15,18). The van der Waals surface area contributed by atoms with Crippen LogP contribution in [0.2, 0.25) is 0 Å². The Hall–Kier alpha value is -0.610. The number of carbonyl (C=O) groups excluding carboxylic acids is 1. The van der Waals surface area contributed by atoms with E-state index in [9.17, 15) is 4.79 Å². The van der Waals surface area contributed by atoms with Gasteiger partial charge in [0, 0.05) is 25.6 Å². The molecule has 1 rings (SSSR count). The summed E-state index contributed by atoms with van der Waals surface area (Å²) in [5, 5.41) is 11.8. The van der Waals surface area contributed by atoms with E-state index in [0.29, 0.717) is 12.5 Å². The maximum atomic E-state index is 11.5. The van der Waals surface area contributed by atoms with Crippen LogP contribution in [0.1, 0.15) is 39.5 Å². The minimum absolute atomic E-state index is 0.0780. The van der Waals surface area contributed by atoms with Crippen LogP contribution in [0.3, 0.4) is 0 Å². The second kappa shape index (κ2) is 8.48. The van der Waals surface area contributed by atoms with Crippen molar-refractivity contribution in [2.24, 2.45) is 11.8 Å². The quantitative estimate of drug-likeness (QED) is 0.674. The van der Waals surface area contributed by atoms with Crippen LogP contribution in [-0.4, -0.2) is 48.7 Å². The minimum atomic E-state index is 0.0780. The van der Waals surface area contributed by atoms with Crippen molar-refractivity contribution in [2.75, 3.05) is 32.8 Å². The summed E-state index contributed by atoms with van der Waals surface area (Å²) in [6.45, 7) is 8.29. The average molecular weight is 256 g/mol. The molecular weight excluding hydrogens is 228 g/mol. The molecular formula is C14H28N2O2. The first-order chi connectivity index (χ1) is 8.63. The van der Waals surface area contributed by atoms with Crippen LogP contribution in [0.15, 0.2) is 0 Å². The van der Waals surface area contributed by atoms with E-state index in [1.165, 1.54) is 19.4 Å². The molecule has 1 heterocycles. The zero-order chi connectivity index (χ0) is 13.4. The SMILES string of the molecule is CC(C)C(=O)NCC1CCCN(CCCCO)C1. The molecule has 1 amide bonds. The summed E-state index contributed by atoms with van der Waals surface area (Å²) in [5.74, 6) is 0.831. The van der Waals surface area contributed by atoms with Gasteiger partial charge in [0.1, 0.15) is 0 Å². The molecule has 1 unspecified atom stereocenters. The van der Waals surface area contributed by atoms with Gasteiger partial charge in [-0.2, -0.15) is 0 Å². The minimum Gasteiger partial charge on any atom is -0.396 e. The zero-order valence-corrected chi connectivity index (χ0v) is 11.8. The Morgan fingerprint density at radius 2 is 2.22 bits per heavy atom. The summed E-state index contributed by atoms with van der Waals surface area (Å²) in [4.78, 5) is 14.0. The largest absolute Gasteiger partial charge is 0.396 e. The lowest BCUT2D eigenvalue weighted by molar-refractivity contribution is -0.124. The van der Waals surface area contributed by atoms with E-state index in [2.05, 4.69) is 10.2 Å².